The van der Waals surface area contributed by atoms with Crippen molar-refractivity contribution in [1.29, 1.82) is 0 Å². The second-order valence-electron chi connectivity index (χ2n) is 4.10. The lowest BCUT2D eigenvalue weighted by molar-refractivity contribution is 0.389. The molecule has 18 heavy (non-hydrogen) atoms. The Labute approximate surface area is 113 Å². The smallest absolute Gasteiger partial charge is 0.132 e. The Hall–Kier alpha value is -1.13. The number of hydrogen-bond acceptors (Lipinski definition) is 4. The first-order valence-corrected chi connectivity index (χ1v) is 6.85. The Morgan fingerprint density at radius 3 is 2.50 bits per heavy atom. The van der Waals surface area contributed by atoms with Crippen molar-refractivity contribution in [2.75, 3.05) is 20.0 Å². The second-order valence-corrected chi connectivity index (χ2v) is 5.16. The predicted octanol–water partition coefficient (Wildman–Crippen LogP) is 2.87. The molecule has 0 bridgehead atoms. The molecule has 4 heteroatoms. The van der Waals surface area contributed by atoms with E-state index in [4.69, 9.17) is 15.2 Å². The van der Waals surface area contributed by atoms with E-state index in [0.717, 1.165) is 34.1 Å². The fourth-order valence-electron chi connectivity index (χ4n) is 1.70. The van der Waals surface area contributed by atoms with Gasteiger partial charge in [-0.1, -0.05) is 6.08 Å². The maximum absolute atomic E-state index is 5.84. The zero-order valence-corrected chi connectivity index (χ0v) is 12.0. The van der Waals surface area contributed by atoms with Gasteiger partial charge in [0, 0.05) is 11.8 Å². The van der Waals surface area contributed by atoms with Gasteiger partial charge in [-0.05, 0) is 31.0 Å². The van der Waals surface area contributed by atoms with Gasteiger partial charge in [0.2, 0.25) is 0 Å². The van der Waals surface area contributed by atoms with Gasteiger partial charge in [0.1, 0.15) is 11.5 Å². The second kappa shape index (κ2) is 7.34. The molecule has 0 aliphatic rings. The molecular formula is C14H21NO2S. The molecule has 1 aromatic carbocycles. The average Bonchev–Trinajstić information content (AvgIpc) is 2.35. The van der Waals surface area contributed by atoms with Crippen molar-refractivity contribution in [1.82, 2.24) is 0 Å². The third-order valence-electron chi connectivity index (χ3n) is 2.47. The summed E-state index contributed by atoms with van der Waals surface area (Å²) < 4.78 is 10.8. The molecule has 2 N–H and O–H groups in total. The molecule has 0 saturated carbocycles. The van der Waals surface area contributed by atoms with Crippen LogP contribution in [0.1, 0.15) is 12.5 Å². The number of methoxy groups -OCH3 is 2. The van der Waals surface area contributed by atoms with E-state index in [9.17, 15) is 0 Å². The van der Waals surface area contributed by atoms with E-state index in [1.165, 1.54) is 0 Å². The van der Waals surface area contributed by atoms with E-state index in [0.29, 0.717) is 0 Å². The topological polar surface area (TPSA) is 44.5 Å². The molecule has 3 nitrogen and oxygen atoms in total. The zero-order chi connectivity index (χ0) is 13.5. The summed E-state index contributed by atoms with van der Waals surface area (Å²) in [6.07, 6.45) is 2.64. The number of nitrogens with two attached hydrogens (primary N) is 1. The van der Waals surface area contributed by atoms with Crippen LogP contribution < -0.4 is 15.2 Å². The Balaban J connectivity index is 3.10. The van der Waals surface area contributed by atoms with Gasteiger partial charge in [-0.3, -0.25) is 0 Å². The first kappa shape index (κ1) is 14.9. The summed E-state index contributed by atoms with van der Waals surface area (Å²) >= 11 is 1.67. The van der Waals surface area contributed by atoms with Crippen molar-refractivity contribution < 1.29 is 9.47 Å². The van der Waals surface area contributed by atoms with Crippen molar-refractivity contribution in [2.24, 2.45) is 5.73 Å². The highest BCUT2D eigenvalue weighted by Crippen LogP contribution is 2.36. The fourth-order valence-corrected chi connectivity index (χ4v) is 2.47. The van der Waals surface area contributed by atoms with Crippen LogP contribution in [0.4, 0.5) is 0 Å². The molecule has 0 radical (unpaired) electrons. The summed E-state index contributed by atoms with van der Waals surface area (Å²) in [5.41, 5.74) is 6.92. The highest BCUT2D eigenvalue weighted by atomic mass is 32.2. The van der Waals surface area contributed by atoms with Crippen LogP contribution >= 0.6 is 11.8 Å². The lowest BCUT2D eigenvalue weighted by Crippen LogP contribution is -2.18. The molecule has 0 aliphatic heterocycles. The lowest BCUT2D eigenvalue weighted by atomic mass is 10.1. The van der Waals surface area contributed by atoms with Gasteiger partial charge in [0.05, 0.1) is 19.1 Å². The minimum Gasteiger partial charge on any atom is -0.496 e. The van der Waals surface area contributed by atoms with Crippen LogP contribution in [0.15, 0.2) is 29.7 Å². The maximum atomic E-state index is 5.84. The Morgan fingerprint density at radius 1 is 1.33 bits per heavy atom. The quantitative estimate of drug-likeness (QED) is 0.609. The molecule has 0 aliphatic carbocycles. The number of benzene rings is 1. The third-order valence-corrected chi connectivity index (χ3v) is 3.50. The molecule has 1 aromatic rings. The molecule has 0 amide bonds. The number of rotatable bonds is 7. The van der Waals surface area contributed by atoms with Gasteiger partial charge in [0.15, 0.2) is 0 Å². The molecule has 0 saturated heterocycles. The first-order valence-electron chi connectivity index (χ1n) is 5.86. The minimum atomic E-state index is 0.0929. The van der Waals surface area contributed by atoms with Gasteiger partial charge in [-0.15, -0.1) is 18.3 Å². The SMILES string of the molecule is C=CCSc1cc(OC)c(C[C@@H](C)N)cc1OC. The molecular weight excluding hydrogens is 246 g/mol. The summed E-state index contributed by atoms with van der Waals surface area (Å²) in [7, 11) is 3.35. The molecule has 0 aromatic heterocycles. The minimum absolute atomic E-state index is 0.0929. The fraction of sp³-hybridized carbons (Fsp3) is 0.429. The van der Waals surface area contributed by atoms with Gasteiger partial charge >= 0.3 is 0 Å². The van der Waals surface area contributed by atoms with E-state index in [1.54, 1.807) is 26.0 Å². The molecule has 0 unspecified atom stereocenters. The van der Waals surface area contributed by atoms with Gasteiger partial charge < -0.3 is 15.2 Å². The van der Waals surface area contributed by atoms with Crippen LogP contribution in [-0.4, -0.2) is 26.0 Å². The highest BCUT2D eigenvalue weighted by Gasteiger charge is 2.12. The van der Waals surface area contributed by atoms with Crippen molar-refractivity contribution in [3.05, 3.63) is 30.4 Å². The summed E-state index contributed by atoms with van der Waals surface area (Å²) in [4.78, 5) is 1.06. The lowest BCUT2D eigenvalue weighted by Gasteiger charge is -2.15. The summed E-state index contributed by atoms with van der Waals surface area (Å²) in [6.45, 7) is 5.70. The van der Waals surface area contributed by atoms with Gasteiger partial charge in [0.25, 0.3) is 0 Å². The van der Waals surface area contributed by atoms with E-state index < -0.39 is 0 Å². The van der Waals surface area contributed by atoms with Gasteiger partial charge in [-0.25, -0.2) is 0 Å². The molecule has 1 rings (SSSR count). The molecule has 0 fully saturated rings. The Morgan fingerprint density at radius 2 is 2.00 bits per heavy atom. The maximum Gasteiger partial charge on any atom is 0.132 e. The van der Waals surface area contributed by atoms with E-state index in [-0.39, 0.29) is 6.04 Å². The average molecular weight is 267 g/mol. The van der Waals surface area contributed by atoms with Crippen molar-refractivity contribution in [3.8, 4) is 11.5 Å². The van der Waals surface area contributed by atoms with Gasteiger partial charge in [-0.2, -0.15) is 0 Å². The van der Waals surface area contributed by atoms with E-state index in [1.807, 2.05) is 25.1 Å². The molecule has 100 valence electrons. The molecule has 0 spiro atoms. The number of ether oxygens (including phenoxy) is 2. The highest BCUT2D eigenvalue weighted by molar-refractivity contribution is 7.99. The zero-order valence-electron chi connectivity index (χ0n) is 11.2. The molecule has 0 heterocycles. The Bertz CT molecular complexity index is 405. The largest absolute Gasteiger partial charge is 0.496 e. The number of hydrogen-bond donors (Lipinski definition) is 1. The Kier molecular flexibility index (Phi) is 6.09. The summed E-state index contributed by atoms with van der Waals surface area (Å²) in [5.74, 6) is 2.56. The van der Waals surface area contributed by atoms with Crippen LogP contribution in [-0.2, 0) is 6.42 Å². The number of thioether (sulfide) groups is 1. The molecule has 1 atom stereocenters. The standard InChI is InChI=1S/C14H21NO2S/c1-5-6-18-14-9-12(16-3)11(7-10(2)15)8-13(14)17-4/h5,8-10H,1,6-7,15H2,2-4H3/t10-/m1/s1. The van der Waals surface area contributed by atoms with Crippen molar-refractivity contribution >= 4 is 11.8 Å². The predicted molar refractivity (Wildman–Crippen MR) is 77.8 cm³/mol. The van der Waals surface area contributed by atoms with Crippen LogP contribution in [0.3, 0.4) is 0 Å². The van der Waals surface area contributed by atoms with Crippen LogP contribution in [0.2, 0.25) is 0 Å². The van der Waals surface area contributed by atoms with Crippen LogP contribution in [0.25, 0.3) is 0 Å². The normalized spacial score (nSPS) is 12.0. The first-order chi connectivity index (χ1) is 8.62. The van der Waals surface area contributed by atoms with Crippen LogP contribution in [0, 0.1) is 0 Å². The van der Waals surface area contributed by atoms with Crippen LogP contribution in [0.5, 0.6) is 11.5 Å². The monoisotopic (exact) mass is 267 g/mol. The van der Waals surface area contributed by atoms with E-state index >= 15 is 0 Å². The summed E-state index contributed by atoms with van der Waals surface area (Å²) in [5, 5.41) is 0. The summed E-state index contributed by atoms with van der Waals surface area (Å²) in [6, 6.07) is 4.11. The van der Waals surface area contributed by atoms with Crippen molar-refractivity contribution in [3.63, 3.8) is 0 Å². The van der Waals surface area contributed by atoms with E-state index in [2.05, 4.69) is 6.58 Å². The third kappa shape index (κ3) is 3.96. The van der Waals surface area contributed by atoms with Crippen molar-refractivity contribution in [2.45, 2.75) is 24.3 Å².